The van der Waals surface area contributed by atoms with Crippen LogP contribution in [0.15, 0.2) is 24.3 Å². The molecule has 8 heteroatoms. The van der Waals surface area contributed by atoms with Gasteiger partial charge in [-0.05, 0) is 31.2 Å². The zero-order valence-corrected chi connectivity index (χ0v) is 16.5. The predicted octanol–water partition coefficient (Wildman–Crippen LogP) is 0.609. The van der Waals surface area contributed by atoms with Crippen LogP contribution in [0.1, 0.15) is 23.7 Å². The third-order valence-corrected chi connectivity index (χ3v) is 4.06. The van der Waals surface area contributed by atoms with E-state index in [-0.39, 0.29) is 5.91 Å². The van der Waals surface area contributed by atoms with Gasteiger partial charge >= 0.3 is 0 Å². The Hall–Kier alpha value is -0.720. The van der Waals surface area contributed by atoms with Crippen molar-refractivity contribution < 1.29 is 19.7 Å². The molecule has 0 spiro atoms. The van der Waals surface area contributed by atoms with Crippen LogP contribution < -0.4 is 20.3 Å². The number of halogens is 3. The first-order valence-corrected chi connectivity index (χ1v) is 9.10. The fourth-order valence-electron chi connectivity index (χ4n) is 2.11. The fraction of sp³-hybridized carbons (Fsp3) is 0.562. The minimum Gasteiger partial charge on any atom is -0.494 e. The number of carbonyl (C=O) groups is 1. The van der Waals surface area contributed by atoms with E-state index in [1.807, 2.05) is 12.2 Å². The van der Waals surface area contributed by atoms with Gasteiger partial charge < -0.3 is 15.0 Å². The van der Waals surface area contributed by atoms with Gasteiger partial charge in [0.15, 0.2) is 0 Å². The minimum atomic E-state index is -1.59. The lowest BCUT2D eigenvalue weighted by Gasteiger charge is -2.23. The van der Waals surface area contributed by atoms with E-state index in [2.05, 4.69) is 19.4 Å². The van der Waals surface area contributed by atoms with Crippen LogP contribution >= 0.6 is 34.8 Å². The van der Waals surface area contributed by atoms with Crippen molar-refractivity contribution >= 4 is 40.7 Å². The summed E-state index contributed by atoms with van der Waals surface area (Å²) < 4.78 is 3.77. The summed E-state index contributed by atoms with van der Waals surface area (Å²) in [6.07, 6.45) is 0.303. The molecule has 0 fully saturated rings. The van der Waals surface area contributed by atoms with E-state index in [0.29, 0.717) is 17.9 Å². The summed E-state index contributed by atoms with van der Waals surface area (Å²) in [4.78, 5) is 13.7. The van der Waals surface area contributed by atoms with Gasteiger partial charge in [0, 0.05) is 12.0 Å². The molecule has 4 N–H and O–H groups in total. The summed E-state index contributed by atoms with van der Waals surface area (Å²) in [5, 5.41) is 4.62. The van der Waals surface area contributed by atoms with Crippen molar-refractivity contribution in [3.63, 3.8) is 0 Å². The average molecular weight is 399 g/mol. The van der Waals surface area contributed by atoms with E-state index in [4.69, 9.17) is 39.5 Å². The number of nitrogens with two attached hydrogens (primary N) is 1. The molecule has 0 aliphatic rings. The van der Waals surface area contributed by atoms with Gasteiger partial charge in [-0.2, -0.15) is 0 Å². The van der Waals surface area contributed by atoms with Gasteiger partial charge in [0.2, 0.25) is 6.17 Å². The monoisotopic (exact) mass is 397 g/mol. The molecule has 0 heterocycles. The number of quaternary nitrogens is 2. The topological polar surface area (TPSA) is 59.4 Å². The highest BCUT2D eigenvalue weighted by molar-refractivity contribution is 6.68. The summed E-state index contributed by atoms with van der Waals surface area (Å²) in [6.45, 7) is 4.24. The third kappa shape index (κ3) is 7.90. The van der Waals surface area contributed by atoms with Gasteiger partial charge in [0.1, 0.15) is 5.75 Å². The van der Waals surface area contributed by atoms with Crippen molar-refractivity contribution in [2.45, 2.75) is 23.3 Å². The van der Waals surface area contributed by atoms with Gasteiger partial charge in [-0.25, -0.2) is 0 Å². The second-order valence-corrected chi connectivity index (χ2v) is 8.15. The maximum Gasteiger partial charge on any atom is 0.262 e. The van der Waals surface area contributed by atoms with E-state index >= 15 is 0 Å². The molecule has 5 nitrogen and oxygen atoms in total. The molecular formula is C16H26Cl3N3O2+2. The van der Waals surface area contributed by atoms with Crippen molar-refractivity contribution in [2.24, 2.45) is 0 Å². The SMILES string of the molecule is CCOc1ccc(C(=O)N[C@H]([NH2+]CCC[NH+](C)C)C(Cl)(Cl)Cl)cc1. The van der Waals surface area contributed by atoms with Crippen molar-refractivity contribution in [3.05, 3.63) is 29.8 Å². The molecule has 0 radical (unpaired) electrons. The van der Waals surface area contributed by atoms with Crippen molar-refractivity contribution in [1.29, 1.82) is 0 Å². The second-order valence-electron chi connectivity index (χ2n) is 5.79. The van der Waals surface area contributed by atoms with Gasteiger partial charge in [-0.3, -0.25) is 10.1 Å². The number of ether oxygens (including phenoxy) is 1. The first-order valence-electron chi connectivity index (χ1n) is 7.96. The largest absolute Gasteiger partial charge is 0.494 e. The molecule has 136 valence electrons. The lowest BCUT2D eigenvalue weighted by Crippen LogP contribution is -3.06. The zero-order valence-electron chi connectivity index (χ0n) is 14.2. The minimum absolute atomic E-state index is 0.288. The Balaban J connectivity index is 2.63. The molecule has 0 bridgehead atoms. The molecule has 1 amide bonds. The fourth-order valence-corrected chi connectivity index (χ4v) is 2.54. The Bertz CT molecular complexity index is 504. The van der Waals surface area contributed by atoms with Gasteiger partial charge in [0.25, 0.3) is 9.70 Å². The molecule has 1 atom stereocenters. The first kappa shape index (κ1) is 21.3. The van der Waals surface area contributed by atoms with E-state index in [1.165, 1.54) is 4.90 Å². The Morgan fingerprint density at radius 2 is 1.92 bits per heavy atom. The summed E-state index contributed by atoms with van der Waals surface area (Å²) >= 11 is 18.0. The number of amides is 1. The van der Waals surface area contributed by atoms with Crippen LogP contribution in [-0.4, -0.2) is 49.7 Å². The quantitative estimate of drug-likeness (QED) is 0.324. The van der Waals surface area contributed by atoms with Crippen LogP contribution in [0.3, 0.4) is 0 Å². The number of alkyl halides is 3. The second kappa shape index (κ2) is 10.3. The number of hydrogen-bond donors (Lipinski definition) is 3. The number of nitrogens with one attached hydrogen (secondary N) is 2. The number of benzene rings is 1. The smallest absolute Gasteiger partial charge is 0.262 e. The maximum absolute atomic E-state index is 12.4. The summed E-state index contributed by atoms with van der Waals surface area (Å²) in [5.74, 6) is 0.425. The Morgan fingerprint density at radius 3 is 2.42 bits per heavy atom. The highest BCUT2D eigenvalue weighted by Crippen LogP contribution is 2.27. The van der Waals surface area contributed by atoms with Crippen LogP contribution in [0.2, 0.25) is 0 Å². The van der Waals surface area contributed by atoms with E-state index in [0.717, 1.165) is 19.5 Å². The molecule has 24 heavy (non-hydrogen) atoms. The Labute approximate surface area is 158 Å². The normalized spacial score (nSPS) is 13.0. The molecule has 0 unspecified atom stereocenters. The van der Waals surface area contributed by atoms with Crippen molar-refractivity contribution in [2.75, 3.05) is 33.8 Å². The Kier molecular flexibility index (Phi) is 9.16. The summed E-state index contributed by atoms with van der Waals surface area (Å²) in [6, 6.07) is 6.86. The highest BCUT2D eigenvalue weighted by Gasteiger charge is 2.37. The predicted molar refractivity (Wildman–Crippen MR) is 98.2 cm³/mol. The van der Waals surface area contributed by atoms with Crippen LogP contribution in [-0.2, 0) is 0 Å². The first-order chi connectivity index (χ1) is 11.2. The molecular weight excluding hydrogens is 373 g/mol. The molecule has 0 aliphatic heterocycles. The molecule has 0 aliphatic carbocycles. The van der Waals surface area contributed by atoms with E-state index < -0.39 is 9.96 Å². The van der Waals surface area contributed by atoms with Crippen LogP contribution in [0, 0.1) is 0 Å². The number of hydrogen-bond acceptors (Lipinski definition) is 2. The van der Waals surface area contributed by atoms with Crippen LogP contribution in [0.25, 0.3) is 0 Å². The lowest BCUT2D eigenvalue weighted by molar-refractivity contribution is -0.860. The molecule has 1 rings (SSSR count). The third-order valence-electron chi connectivity index (χ3n) is 3.35. The van der Waals surface area contributed by atoms with Crippen LogP contribution in [0.4, 0.5) is 0 Å². The standard InChI is InChI=1S/C16H24Cl3N3O2/c1-4-24-13-8-6-12(7-9-13)14(23)21-15(16(17,18)19)20-10-5-11-22(2)3/h6-9,15,20H,4-5,10-11H2,1-3H3,(H,21,23)/p+2/t15-/m0/s1. The Morgan fingerprint density at radius 1 is 1.29 bits per heavy atom. The molecule has 1 aromatic carbocycles. The average Bonchev–Trinajstić information content (AvgIpc) is 2.50. The van der Waals surface area contributed by atoms with Crippen LogP contribution in [0.5, 0.6) is 5.75 Å². The molecule has 0 saturated carbocycles. The van der Waals surface area contributed by atoms with Gasteiger partial charge in [-0.15, -0.1) is 0 Å². The molecule has 0 saturated heterocycles. The van der Waals surface area contributed by atoms with E-state index in [9.17, 15) is 4.79 Å². The molecule has 1 aromatic rings. The number of rotatable bonds is 9. The van der Waals surface area contributed by atoms with Crippen molar-refractivity contribution in [3.8, 4) is 5.75 Å². The molecule has 0 aromatic heterocycles. The highest BCUT2D eigenvalue weighted by atomic mass is 35.6. The van der Waals surface area contributed by atoms with E-state index in [1.54, 1.807) is 24.3 Å². The lowest BCUT2D eigenvalue weighted by atomic mass is 10.2. The van der Waals surface area contributed by atoms with Gasteiger partial charge in [-0.1, -0.05) is 34.8 Å². The number of carbonyl (C=O) groups excluding carboxylic acids is 1. The summed E-state index contributed by atoms with van der Waals surface area (Å²) in [5.41, 5.74) is 0.490. The van der Waals surface area contributed by atoms with Crippen molar-refractivity contribution in [1.82, 2.24) is 5.32 Å². The zero-order chi connectivity index (χ0) is 18.2. The van der Waals surface area contributed by atoms with Gasteiger partial charge in [0.05, 0.1) is 33.8 Å². The maximum atomic E-state index is 12.4. The summed E-state index contributed by atoms with van der Waals surface area (Å²) in [7, 11) is 4.17.